The van der Waals surface area contributed by atoms with Crippen molar-refractivity contribution in [2.75, 3.05) is 14.1 Å². The molecule has 0 bridgehead atoms. The van der Waals surface area contributed by atoms with E-state index in [4.69, 9.17) is 0 Å². The van der Waals surface area contributed by atoms with Crippen LogP contribution < -0.4 is 10.6 Å². The third kappa shape index (κ3) is 7.50. The summed E-state index contributed by atoms with van der Waals surface area (Å²) in [5, 5.41) is 5.31. The van der Waals surface area contributed by atoms with Gasteiger partial charge in [-0.25, -0.2) is 18.0 Å². The standard InChI is InChI=1S/C20H30F3N3O2/c1-13(27)8-9-16(10-11-18(24-3)19(22)23)26(4)20(28)25-12-15-6-5-7-17(21)14(15)2/h5-7,16,18-19,24H,8-12H2,1-4H3,(H,25,28). The second-order valence-electron chi connectivity index (χ2n) is 7.00. The minimum Gasteiger partial charge on any atom is -0.334 e. The van der Waals surface area contributed by atoms with E-state index in [0.717, 1.165) is 0 Å². The molecule has 8 heteroatoms. The second kappa shape index (κ2) is 11.7. The summed E-state index contributed by atoms with van der Waals surface area (Å²) < 4.78 is 39.5. The van der Waals surface area contributed by atoms with E-state index in [0.29, 0.717) is 24.0 Å². The van der Waals surface area contributed by atoms with Gasteiger partial charge >= 0.3 is 6.03 Å². The Morgan fingerprint density at radius 1 is 1.18 bits per heavy atom. The van der Waals surface area contributed by atoms with E-state index >= 15 is 0 Å². The van der Waals surface area contributed by atoms with Crippen molar-refractivity contribution >= 4 is 11.8 Å². The minimum absolute atomic E-state index is 0.0202. The number of hydrogen-bond acceptors (Lipinski definition) is 3. The lowest BCUT2D eigenvalue weighted by molar-refractivity contribution is -0.117. The molecule has 1 aromatic rings. The van der Waals surface area contributed by atoms with Gasteiger partial charge in [-0.05, 0) is 57.4 Å². The first-order chi connectivity index (χ1) is 13.2. The lowest BCUT2D eigenvalue weighted by Gasteiger charge is -2.29. The van der Waals surface area contributed by atoms with Gasteiger partial charge in [0.1, 0.15) is 11.6 Å². The molecule has 0 aromatic heterocycles. The molecule has 0 saturated heterocycles. The highest BCUT2D eigenvalue weighted by molar-refractivity contribution is 5.76. The van der Waals surface area contributed by atoms with Crippen LogP contribution in [0.15, 0.2) is 18.2 Å². The molecule has 0 fully saturated rings. The van der Waals surface area contributed by atoms with Crippen molar-refractivity contribution in [3.05, 3.63) is 35.1 Å². The zero-order valence-electron chi connectivity index (χ0n) is 16.9. The molecular formula is C20H30F3N3O2. The summed E-state index contributed by atoms with van der Waals surface area (Å²) in [7, 11) is 3.05. The Kier molecular flexibility index (Phi) is 9.99. The van der Waals surface area contributed by atoms with E-state index in [2.05, 4.69) is 10.6 Å². The van der Waals surface area contributed by atoms with Crippen LogP contribution in [-0.4, -0.2) is 49.3 Å². The fourth-order valence-corrected chi connectivity index (χ4v) is 2.97. The number of halogens is 3. The summed E-state index contributed by atoms with van der Waals surface area (Å²) in [4.78, 5) is 25.3. The normalized spacial score (nSPS) is 13.3. The van der Waals surface area contributed by atoms with Crippen molar-refractivity contribution in [2.45, 2.75) is 64.6 Å². The highest BCUT2D eigenvalue weighted by Crippen LogP contribution is 2.17. The minimum atomic E-state index is -2.51. The molecule has 0 radical (unpaired) electrons. The van der Waals surface area contributed by atoms with Crippen LogP contribution in [0.2, 0.25) is 0 Å². The number of alkyl halides is 2. The van der Waals surface area contributed by atoms with Crippen LogP contribution in [0, 0.1) is 12.7 Å². The lowest BCUT2D eigenvalue weighted by atomic mass is 10.00. The fraction of sp³-hybridized carbons (Fsp3) is 0.600. The van der Waals surface area contributed by atoms with Crippen LogP contribution in [0.5, 0.6) is 0 Å². The molecule has 28 heavy (non-hydrogen) atoms. The van der Waals surface area contributed by atoms with Crippen molar-refractivity contribution in [3.63, 3.8) is 0 Å². The van der Waals surface area contributed by atoms with Crippen molar-refractivity contribution in [2.24, 2.45) is 0 Å². The first-order valence-electron chi connectivity index (χ1n) is 9.36. The van der Waals surface area contributed by atoms with E-state index in [-0.39, 0.29) is 37.0 Å². The molecule has 0 saturated carbocycles. The number of amides is 2. The maximum absolute atomic E-state index is 13.6. The Hall–Kier alpha value is -2.09. The second-order valence-corrected chi connectivity index (χ2v) is 7.00. The van der Waals surface area contributed by atoms with Gasteiger partial charge in [-0.1, -0.05) is 12.1 Å². The average molecular weight is 401 g/mol. The lowest BCUT2D eigenvalue weighted by Crippen LogP contribution is -2.44. The maximum Gasteiger partial charge on any atom is 0.317 e. The van der Waals surface area contributed by atoms with Gasteiger partial charge in [0, 0.05) is 26.1 Å². The molecular weight excluding hydrogens is 371 g/mol. The molecule has 2 atom stereocenters. The van der Waals surface area contributed by atoms with Crippen LogP contribution in [0.4, 0.5) is 18.0 Å². The molecule has 158 valence electrons. The molecule has 5 nitrogen and oxygen atoms in total. The van der Waals surface area contributed by atoms with Gasteiger partial charge < -0.3 is 20.3 Å². The summed E-state index contributed by atoms with van der Waals surface area (Å²) in [6.07, 6.45) is -1.32. The number of carbonyl (C=O) groups is 2. The van der Waals surface area contributed by atoms with Gasteiger partial charge in [-0.2, -0.15) is 0 Å². The summed E-state index contributed by atoms with van der Waals surface area (Å²) in [6.45, 7) is 3.25. The number of carbonyl (C=O) groups excluding carboxylic acids is 2. The van der Waals surface area contributed by atoms with Gasteiger partial charge in [0.05, 0.1) is 6.04 Å². The number of Topliss-reactive ketones (excluding diaryl/α,β-unsaturated/α-hetero) is 1. The molecule has 1 aromatic carbocycles. The van der Waals surface area contributed by atoms with Crippen molar-refractivity contribution in [1.29, 1.82) is 0 Å². The van der Waals surface area contributed by atoms with E-state index in [9.17, 15) is 22.8 Å². The van der Waals surface area contributed by atoms with Crippen LogP contribution in [0.1, 0.15) is 43.7 Å². The topological polar surface area (TPSA) is 61.4 Å². The predicted octanol–water partition coefficient (Wildman–Crippen LogP) is 3.65. The third-order valence-electron chi connectivity index (χ3n) is 4.99. The molecule has 2 N–H and O–H groups in total. The van der Waals surface area contributed by atoms with Crippen LogP contribution in [0.25, 0.3) is 0 Å². The van der Waals surface area contributed by atoms with Crippen molar-refractivity contribution < 1.29 is 22.8 Å². The van der Waals surface area contributed by atoms with Gasteiger partial charge in [0.2, 0.25) is 0 Å². The molecule has 2 unspecified atom stereocenters. The molecule has 0 aliphatic carbocycles. The SMILES string of the molecule is CNC(CCC(CCC(C)=O)N(C)C(=O)NCc1cccc(F)c1C)C(F)F. The predicted molar refractivity (Wildman–Crippen MR) is 103 cm³/mol. The van der Waals surface area contributed by atoms with Crippen LogP contribution in [-0.2, 0) is 11.3 Å². The number of nitrogens with zero attached hydrogens (tertiary/aromatic N) is 1. The molecule has 0 heterocycles. The smallest absolute Gasteiger partial charge is 0.317 e. The Balaban J connectivity index is 2.73. The highest BCUT2D eigenvalue weighted by Gasteiger charge is 2.24. The van der Waals surface area contributed by atoms with Crippen molar-refractivity contribution in [3.8, 4) is 0 Å². The van der Waals surface area contributed by atoms with Gasteiger partial charge in [-0.15, -0.1) is 0 Å². The summed E-state index contributed by atoms with van der Waals surface area (Å²) >= 11 is 0. The van der Waals surface area contributed by atoms with Gasteiger partial charge in [-0.3, -0.25) is 0 Å². The first kappa shape index (κ1) is 23.9. The number of urea groups is 1. The molecule has 2 amide bonds. The van der Waals surface area contributed by atoms with E-state index < -0.39 is 18.5 Å². The molecule has 0 spiro atoms. The van der Waals surface area contributed by atoms with E-state index in [1.807, 2.05) is 0 Å². The monoisotopic (exact) mass is 401 g/mol. The summed E-state index contributed by atoms with van der Waals surface area (Å²) in [6, 6.07) is 2.94. The zero-order chi connectivity index (χ0) is 21.3. The Labute approximate surface area is 164 Å². The van der Waals surface area contributed by atoms with E-state index in [1.165, 1.54) is 24.9 Å². The molecule has 1 rings (SSSR count). The summed E-state index contributed by atoms with van der Waals surface area (Å²) in [5.41, 5.74) is 1.13. The number of ketones is 1. The first-order valence-corrected chi connectivity index (χ1v) is 9.36. The third-order valence-corrected chi connectivity index (χ3v) is 4.99. The summed E-state index contributed by atoms with van der Waals surface area (Å²) in [5.74, 6) is -0.363. The number of hydrogen-bond donors (Lipinski definition) is 2. The Morgan fingerprint density at radius 2 is 1.86 bits per heavy atom. The molecule has 0 aliphatic rings. The molecule has 0 aliphatic heterocycles. The largest absolute Gasteiger partial charge is 0.334 e. The highest BCUT2D eigenvalue weighted by atomic mass is 19.3. The maximum atomic E-state index is 13.6. The van der Waals surface area contributed by atoms with Gasteiger partial charge in [0.25, 0.3) is 6.43 Å². The quantitative estimate of drug-likeness (QED) is 0.595. The number of rotatable bonds is 11. The Morgan fingerprint density at radius 3 is 2.43 bits per heavy atom. The number of benzene rings is 1. The van der Waals surface area contributed by atoms with E-state index in [1.54, 1.807) is 26.1 Å². The average Bonchev–Trinajstić information content (AvgIpc) is 2.64. The Bertz CT molecular complexity index is 656. The van der Waals surface area contributed by atoms with Gasteiger partial charge in [0.15, 0.2) is 0 Å². The fourth-order valence-electron chi connectivity index (χ4n) is 2.97. The van der Waals surface area contributed by atoms with Crippen molar-refractivity contribution in [1.82, 2.24) is 15.5 Å². The number of nitrogens with one attached hydrogen (secondary N) is 2. The van der Waals surface area contributed by atoms with Crippen LogP contribution in [0.3, 0.4) is 0 Å². The van der Waals surface area contributed by atoms with Crippen LogP contribution >= 0.6 is 0 Å². The zero-order valence-corrected chi connectivity index (χ0v) is 16.9.